The molecule has 0 atom stereocenters. The zero-order valence-corrected chi connectivity index (χ0v) is 16.7. The van der Waals surface area contributed by atoms with E-state index < -0.39 is 10.0 Å². The fourth-order valence-corrected chi connectivity index (χ4v) is 5.73. The number of nitrogens with zero attached hydrogens (tertiary/aromatic N) is 1. The summed E-state index contributed by atoms with van der Waals surface area (Å²) in [5.74, 6) is -0.780. The highest BCUT2D eigenvalue weighted by atomic mass is 32.2. The van der Waals surface area contributed by atoms with Gasteiger partial charge in [0.05, 0.1) is 18.4 Å². The number of fused-ring (bicyclic) bond motifs is 1. The molecule has 0 bridgehead atoms. The fraction of sp³-hybridized carbons (Fsp3) is 0.647. The number of thiophene rings is 1. The Balaban J connectivity index is 1.71. The molecular formula is C17H24N2O5S2. The lowest BCUT2D eigenvalue weighted by atomic mass is 9.97. The first-order valence-corrected chi connectivity index (χ1v) is 11.6. The van der Waals surface area contributed by atoms with E-state index in [-0.39, 0.29) is 17.8 Å². The Morgan fingerprint density at radius 3 is 2.58 bits per heavy atom. The van der Waals surface area contributed by atoms with E-state index in [9.17, 15) is 18.0 Å². The van der Waals surface area contributed by atoms with Crippen molar-refractivity contribution in [3.8, 4) is 0 Å². The van der Waals surface area contributed by atoms with Gasteiger partial charge in [0.15, 0.2) is 0 Å². The number of anilines is 1. The van der Waals surface area contributed by atoms with Crippen LogP contribution in [-0.2, 0) is 32.4 Å². The predicted molar refractivity (Wildman–Crippen MR) is 100 cm³/mol. The number of rotatable bonds is 5. The molecule has 1 fully saturated rings. The second-order valence-electron chi connectivity index (χ2n) is 6.71. The molecule has 1 aliphatic heterocycles. The Morgan fingerprint density at radius 1 is 1.27 bits per heavy atom. The molecule has 0 aromatic carbocycles. The first kappa shape index (κ1) is 19.3. The summed E-state index contributed by atoms with van der Waals surface area (Å²) in [6.07, 6.45) is 4.94. The van der Waals surface area contributed by atoms with Crippen molar-refractivity contribution in [1.82, 2.24) is 4.31 Å². The Kier molecular flexibility index (Phi) is 5.69. The zero-order chi connectivity index (χ0) is 18.9. The van der Waals surface area contributed by atoms with Gasteiger partial charge in [0.25, 0.3) is 0 Å². The summed E-state index contributed by atoms with van der Waals surface area (Å²) < 4.78 is 29.8. The van der Waals surface area contributed by atoms with Gasteiger partial charge >= 0.3 is 5.97 Å². The zero-order valence-electron chi connectivity index (χ0n) is 15.0. The van der Waals surface area contributed by atoms with Crippen LogP contribution in [0.25, 0.3) is 0 Å². The topological polar surface area (TPSA) is 92.8 Å². The summed E-state index contributed by atoms with van der Waals surface area (Å²) in [5, 5.41) is 3.49. The summed E-state index contributed by atoms with van der Waals surface area (Å²) in [5.41, 5.74) is 1.52. The van der Waals surface area contributed by atoms with Crippen molar-refractivity contribution in [3.63, 3.8) is 0 Å². The van der Waals surface area contributed by atoms with Crippen molar-refractivity contribution in [2.75, 3.05) is 31.3 Å². The molecule has 7 nitrogen and oxygen atoms in total. The smallest absolute Gasteiger partial charge is 0.341 e. The number of aryl methyl sites for hydroxylation is 1. The Labute approximate surface area is 157 Å². The van der Waals surface area contributed by atoms with Gasteiger partial charge in [-0.05, 0) is 44.6 Å². The second-order valence-corrected chi connectivity index (χ2v) is 9.80. The van der Waals surface area contributed by atoms with Gasteiger partial charge < -0.3 is 10.1 Å². The number of carbonyl (C=O) groups is 2. The maximum atomic E-state index is 12.7. The van der Waals surface area contributed by atoms with Gasteiger partial charge in [-0.25, -0.2) is 17.5 Å². The minimum absolute atomic E-state index is 0.149. The van der Waals surface area contributed by atoms with E-state index in [2.05, 4.69) is 5.32 Å². The number of hydrogen-bond acceptors (Lipinski definition) is 6. The van der Waals surface area contributed by atoms with Crippen LogP contribution in [0.15, 0.2) is 0 Å². The number of carbonyl (C=O) groups excluding carboxylic acids is 2. The summed E-state index contributed by atoms with van der Waals surface area (Å²) >= 11 is 1.46. The Morgan fingerprint density at radius 2 is 1.96 bits per heavy atom. The highest BCUT2D eigenvalue weighted by Crippen LogP contribution is 2.40. The van der Waals surface area contributed by atoms with Crippen molar-refractivity contribution < 1.29 is 22.7 Å². The summed E-state index contributed by atoms with van der Waals surface area (Å²) in [4.78, 5) is 26.2. The first-order valence-electron chi connectivity index (χ1n) is 8.89. The van der Waals surface area contributed by atoms with E-state index in [0.29, 0.717) is 43.1 Å². The van der Waals surface area contributed by atoms with Gasteiger partial charge in [0, 0.05) is 23.9 Å². The van der Waals surface area contributed by atoms with Crippen molar-refractivity contribution >= 4 is 38.2 Å². The lowest BCUT2D eigenvalue weighted by molar-refractivity contribution is -0.120. The molecule has 1 N–H and O–H groups in total. The lowest BCUT2D eigenvalue weighted by Crippen LogP contribution is -2.40. The van der Waals surface area contributed by atoms with Gasteiger partial charge in [0.2, 0.25) is 15.9 Å². The minimum Gasteiger partial charge on any atom is -0.462 e. The van der Waals surface area contributed by atoms with Gasteiger partial charge in [0.1, 0.15) is 5.00 Å². The third-order valence-electron chi connectivity index (χ3n) is 4.93. The standard InChI is InChI=1S/C17H24N2O5S2/c1-3-24-17(21)14-12-5-4-6-13(12)25-16(14)18-15(20)11-7-9-19(10-8-11)26(2,22)23/h11H,3-10H2,1-2H3,(H,18,20). The van der Waals surface area contributed by atoms with Crippen LogP contribution in [0.3, 0.4) is 0 Å². The highest BCUT2D eigenvalue weighted by molar-refractivity contribution is 7.88. The van der Waals surface area contributed by atoms with Crippen molar-refractivity contribution in [3.05, 3.63) is 16.0 Å². The third kappa shape index (κ3) is 3.94. The van der Waals surface area contributed by atoms with Crippen molar-refractivity contribution in [2.45, 2.75) is 39.0 Å². The molecule has 0 radical (unpaired) electrons. The third-order valence-corrected chi connectivity index (χ3v) is 7.44. The fourth-order valence-electron chi connectivity index (χ4n) is 3.58. The molecule has 2 heterocycles. The average molecular weight is 401 g/mol. The molecular weight excluding hydrogens is 376 g/mol. The number of ether oxygens (including phenoxy) is 1. The van der Waals surface area contributed by atoms with E-state index >= 15 is 0 Å². The molecule has 9 heteroatoms. The lowest BCUT2D eigenvalue weighted by Gasteiger charge is -2.29. The van der Waals surface area contributed by atoms with Crippen LogP contribution in [0.5, 0.6) is 0 Å². The normalized spacial score (nSPS) is 18.5. The van der Waals surface area contributed by atoms with Crippen molar-refractivity contribution in [2.24, 2.45) is 5.92 Å². The van der Waals surface area contributed by atoms with Crippen LogP contribution in [0.1, 0.15) is 47.0 Å². The number of sulfonamides is 1. The van der Waals surface area contributed by atoms with Crippen LogP contribution in [0.2, 0.25) is 0 Å². The summed E-state index contributed by atoms with van der Waals surface area (Å²) in [6.45, 7) is 2.75. The Hall–Kier alpha value is -1.45. The minimum atomic E-state index is -3.21. The van der Waals surface area contributed by atoms with Crippen LogP contribution in [0.4, 0.5) is 5.00 Å². The number of esters is 1. The molecule has 144 valence electrons. The van der Waals surface area contributed by atoms with Gasteiger partial charge in [-0.1, -0.05) is 0 Å². The molecule has 1 aromatic heterocycles. The molecule has 0 saturated carbocycles. The maximum Gasteiger partial charge on any atom is 0.341 e. The van der Waals surface area contributed by atoms with Gasteiger partial charge in [-0.2, -0.15) is 0 Å². The molecule has 1 aliphatic carbocycles. The number of nitrogens with one attached hydrogen (secondary N) is 1. The SMILES string of the molecule is CCOC(=O)c1c(NC(=O)C2CCN(S(C)(=O)=O)CC2)sc2c1CCC2. The summed E-state index contributed by atoms with van der Waals surface area (Å²) in [7, 11) is -3.21. The van der Waals surface area contributed by atoms with E-state index in [0.717, 1.165) is 29.7 Å². The van der Waals surface area contributed by atoms with Crippen LogP contribution < -0.4 is 5.32 Å². The first-order chi connectivity index (χ1) is 12.3. The molecule has 2 aliphatic rings. The number of amides is 1. The molecule has 26 heavy (non-hydrogen) atoms. The van der Waals surface area contributed by atoms with Gasteiger partial charge in [-0.3, -0.25) is 4.79 Å². The largest absolute Gasteiger partial charge is 0.462 e. The van der Waals surface area contributed by atoms with Crippen molar-refractivity contribution in [1.29, 1.82) is 0 Å². The number of hydrogen-bond donors (Lipinski definition) is 1. The average Bonchev–Trinajstić information content (AvgIpc) is 3.14. The monoisotopic (exact) mass is 400 g/mol. The number of piperidine rings is 1. The predicted octanol–water partition coefficient (Wildman–Crippen LogP) is 2.02. The molecule has 1 amide bonds. The van der Waals surface area contributed by atoms with Crippen LogP contribution in [-0.4, -0.2) is 50.6 Å². The van der Waals surface area contributed by atoms with E-state index in [4.69, 9.17) is 4.74 Å². The molecule has 1 aromatic rings. The molecule has 3 rings (SSSR count). The maximum absolute atomic E-state index is 12.7. The summed E-state index contributed by atoms with van der Waals surface area (Å²) in [6, 6.07) is 0. The van der Waals surface area contributed by atoms with Gasteiger partial charge in [-0.15, -0.1) is 11.3 Å². The molecule has 0 spiro atoms. The second kappa shape index (κ2) is 7.66. The quantitative estimate of drug-likeness (QED) is 0.764. The van der Waals surface area contributed by atoms with Crippen LogP contribution >= 0.6 is 11.3 Å². The molecule has 0 unspecified atom stereocenters. The highest BCUT2D eigenvalue weighted by Gasteiger charge is 2.32. The van der Waals surface area contributed by atoms with Crippen LogP contribution in [0, 0.1) is 5.92 Å². The van der Waals surface area contributed by atoms with E-state index in [1.165, 1.54) is 21.9 Å². The van der Waals surface area contributed by atoms with E-state index in [1.54, 1.807) is 6.92 Å². The van der Waals surface area contributed by atoms with E-state index in [1.807, 2.05) is 0 Å². The molecule has 1 saturated heterocycles. The Bertz CT molecular complexity index is 807.